The second-order valence-corrected chi connectivity index (χ2v) is 3.90. The lowest BCUT2D eigenvalue weighted by Gasteiger charge is -2.14. The van der Waals surface area contributed by atoms with Gasteiger partial charge in [0.25, 0.3) is 0 Å². The zero-order chi connectivity index (χ0) is 11.3. The number of hydrogen-bond donors (Lipinski definition) is 0. The summed E-state index contributed by atoms with van der Waals surface area (Å²) in [6.45, 7) is 6.66. The van der Waals surface area contributed by atoms with Gasteiger partial charge in [0.1, 0.15) is 6.10 Å². The molecule has 0 amide bonds. The number of hydrogen-bond acceptors (Lipinski definition) is 4. The van der Waals surface area contributed by atoms with Crippen LogP contribution in [-0.4, -0.2) is 31.4 Å². The first kappa shape index (κ1) is 12.0. The summed E-state index contributed by atoms with van der Waals surface area (Å²) in [4.78, 5) is 11.5. The van der Waals surface area contributed by atoms with Crippen LogP contribution >= 0.6 is 0 Å². The van der Waals surface area contributed by atoms with E-state index in [0.717, 1.165) is 12.0 Å². The van der Waals surface area contributed by atoms with E-state index in [9.17, 15) is 4.79 Å². The Kier molecular flexibility index (Phi) is 4.62. The molecule has 15 heavy (non-hydrogen) atoms. The molecule has 4 nitrogen and oxygen atoms in total. The van der Waals surface area contributed by atoms with Crippen LogP contribution in [0.25, 0.3) is 0 Å². The summed E-state index contributed by atoms with van der Waals surface area (Å²) in [5, 5.41) is 0. The largest absolute Gasteiger partial charge is 0.487 e. The molecule has 0 spiro atoms. The third-order valence-electron chi connectivity index (χ3n) is 2.01. The number of esters is 1. The molecule has 0 aromatic rings. The normalized spacial score (nSPS) is 21.9. The van der Waals surface area contributed by atoms with E-state index >= 15 is 0 Å². The average molecular weight is 214 g/mol. The Balaban J connectivity index is 2.29. The number of carbonyl (C=O) groups is 1. The van der Waals surface area contributed by atoms with Crippen molar-refractivity contribution in [3.63, 3.8) is 0 Å². The van der Waals surface area contributed by atoms with Crippen LogP contribution in [0.4, 0.5) is 0 Å². The Labute approximate surface area is 90.2 Å². The molecule has 2 atom stereocenters. The molecule has 0 radical (unpaired) electrons. The van der Waals surface area contributed by atoms with Crippen molar-refractivity contribution in [3.8, 4) is 0 Å². The fraction of sp³-hybridized carbons (Fsp3) is 0.727. The Bertz CT molecular complexity index is 237. The predicted octanol–water partition coefficient (Wildman–Crippen LogP) is 1.65. The van der Waals surface area contributed by atoms with Gasteiger partial charge in [0.2, 0.25) is 0 Å². The van der Waals surface area contributed by atoms with Crippen LogP contribution in [0, 0.1) is 0 Å². The molecule has 1 rings (SSSR count). The van der Waals surface area contributed by atoms with Crippen LogP contribution in [-0.2, 0) is 19.0 Å². The highest BCUT2D eigenvalue weighted by Gasteiger charge is 2.23. The van der Waals surface area contributed by atoms with E-state index in [1.165, 1.54) is 0 Å². The van der Waals surface area contributed by atoms with E-state index in [2.05, 4.69) is 0 Å². The van der Waals surface area contributed by atoms with E-state index in [0.29, 0.717) is 13.2 Å². The summed E-state index contributed by atoms with van der Waals surface area (Å²) < 4.78 is 15.5. The van der Waals surface area contributed by atoms with Crippen LogP contribution in [0.15, 0.2) is 11.8 Å². The molecule has 0 N–H and O–H groups in total. The Morgan fingerprint density at radius 1 is 1.53 bits per heavy atom. The van der Waals surface area contributed by atoms with Crippen molar-refractivity contribution in [3.05, 3.63) is 11.8 Å². The predicted molar refractivity (Wildman–Crippen MR) is 55.3 cm³/mol. The summed E-state index contributed by atoms with van der Waals surface area (Å²) in [5.41, 5.74) is 1.01. The lowest BCUT2D eigenvalue weighted by Crippen LogP contribution is -2.27. The Morgan fingerprint density at radius 2 is 2.27 bits per heavy atom. The van der Waals surface area contributed by atoms with Gasteiger partial charge >= 0.3 is 5.97 Å². The third-order valence-corrected chi connectivity index (χ3v) is 2.01. The minimum Gasteiger partial charge on any atom is -0.487 e. The van der Waals surface area contributed by atoms with Crippen molar-refractivity contribution >= 4 is 5.97 Å². The zero-order valence-corrected chi connectivity index (χ0v) is 9.49. The molecular weight excluding hydrogens is 196 g/mol. The SMILES string of the molecule is CC(C)=COC(C)C(=O)OC1CCOC1. The number of carbonyl (C=O) groups excluding carboxylic acids is 1. The summed E-state index contributed by atoms with van der Waals surface area (Å²) in [7, 11) is 0. The maximum Gasteiger partial charge on any atom is 0.347 e. The van der Waals surface area contributed by atoms with Crippen molar-refractivity contribution in [1.82, 2.24) is 0 Å². The fourth-order valence-electron chi connectivity index (χ4n) is 1.16. The number of rotatable bonds is 4. The van der Waals surface area contributed by atoms with E-state index in [-0.39, 0.29) is 12.1 Å². The van der Waals surface area contributed by atoms with Crippen LogP contribution in [0.1, 0.15) is 27.2 Å². The van der Waals surface area contributed by atoms with Gasteiger partial charge in [0.05, 0.1) is 19.5 Å². The quantitative estimate of drug-likeness (QED) is 0.527. The molecular formula is C11H18O4. The average Bonchev–Trinajstić information content (AvgIpc) is 2.66. The molecule has 0 aromatic heterocycles. The van der Waals surface area contributed by atoms with Gasteiger partial charge in [-0.3, -0.25) is 0 Å². The van der Waals surface area contributed by atoms with Gasteiger partial charge in [-0.25, -0.2) is 4.79 Å². The second kappa shape index (κ2) is 5.75. The molecule has 2 unspecified atom stereocenters. The van der Waals surface area contributed by atoms with Crippen LogP contribution < -0.4 is 0 Å². The van der Waals surface area contributed by atoms with Crippen LogP contribution in [0.5, 0.6) is 0 Å². The second-order valence-electron chi connectivity index (χ2n) is 3.90. The highest BCUT2D eigenvalue weighted by molar-refractivity contribution is 5.74. The van der Waals surface area contributed by atoms with E-state index in [1.54, 1.807) is 13.2 Å². The zero-order valence-electron chi connectivity index (χ0n) is 9.49. The fourth-order valence-corrected chi connectivity index (χ4v) is 1.16. The molecule has 1 aliphatic heterocycles. The Hall–Kier alpha value is -1.03. The van der Waals surface area contributed by atoms with Gasteiger partial charge < -0.3 is 14.2 Å². The van der Waals surface area contributed by atoms with Crippen molar-refractivity contribution in [2.45, 2.75) is 39.4 Å². The third kappa shape index (κ3) is 4.34. The first-order valence-electron chi connectivity index (χ1n) is 5.16. The summed E-state index contributed by atoms with van der Waals surface area (Å²) >= 11 is 0. The molecule has 0 aliphatic carbocycles. The van der Waals surface area contributed by atoms with Crippen molar-refractivity contribution in [1.29, 1.82) is 0 Å². The number of allylic oxidation sites excluding steroid dienone is 1. The highest BCUT2D eigenvalue weighted by atomic mass is 16.6. The molecule has 4 heteroatoms. The molecule has 1 heterocycles. The minimum atomic E-state index is -0.555. The summed E-state index contributed by atoms with van der Waals surface area (Å²) in [5.74, 6) is -0.331. The smallest absolute Gasteiger partial charge is 0.347 e. The first-order valence-corrected chi connectivity index (χ1v) is 5.16. The van der Waals surface area contributed by atoms with E-state index in [4.69, 9.17) is 14.2 Å². The van der Waals surface area contributed by atoms with E-state index in [1.807, 2.05) is 13.8 Å². The number of ether oxygens (including phenoxy) is 3. The lowest BCUT2D eigenvalue weighted by molar-refractivity contribution is -0.158. The van der Waals surface area contributed by atoms with Gasteiger partial charge in [-0.15, -0.1) is 0 Å². The molecule has 86 valence electrons. The van der Waals surface area contributed by atoms with Crippen molar-refractivity contribution in [2.75, 3.05) is 13.2 Å². The maximum absolute atomic E-state index is 11.5. The van der Waals surface area contributed by atoms with Gasteiger partial charge in [0, 0.05) is 6.42 Å². The van der Waals surface area contributed by atoms with Gasteiger partial charge in [-0.05, 0) is 26.3 Å². The van der Waals surface area contributed by atoms with Crippen LogP contribution in [0.2, 0.25) is 0 Å². The topological polar surface area (TPSA) is 44.8 Å². The molecule has 1 fully saturated rings. The minimum absolute atomic E-state index is 0.102. The monoisotopic (exact) mass is 214 g/mol. The Morgan fingerprint density at radius 3 is 2.80 bits per heavy atom. The van der Waals surface area contributed by atoms with Gasteiger partial charge in [-0.1, -0.05) is 0 Å². The highest BCUT2D eigenvalue weighted by Crippen LogP contribution is 2.10. The first-order chi connectivity index (χ1) is 7.09. The lowest BCUT2D eigenvalue weighted by atomic mass is 10.3. The summed E-state index contributed by atoms with van der Waals surface area (Å²) in [6.07, 6.45) is 1.69. The summed E-state index contributed by atoms with van der Waals surface area (Å²) in [6, 6.07) is 0. The van der Waals surface area contributed by atoms with Crippen LogP contribution in [0.3, 0.4) is 0 Å². The van der Waals surface area contributed by atoms with Crippen molar-refractivity contribution < 1.29 is 19.0 Å². The standard InChI is InChI=1S/C11H18O4/c1-8(2)6-14-9(3)11(12)15-10-4-5-13-7-10/h6,9-10H,4-5,7H2,1-3H3. The van der Waals surface area contributed by atoms with Crippen molar-refractivity contribution in [2.24, 2.45) is 0 Å². The van der Waals surface area contributed by atoms with Gasteiger partial charge in [-0.2, -0.15) is 0 Å². The van der Waals surface area contributed by atoms with Gasteiger partial charge in [0.15, 0.2) is 6.10 Å². The molecule has 1 aliphatic rings. The maximum atomic E-state index is 11.5. The molecule has 0 bridgehead atoms. The molecule has 0 saturated carbocycles. The molecule has 1 saturated heterocycles. The van der Waals surface area contributed by atoms with E-state index < -0.39 is 6.10 Å². The molecule has 0 aromatic carbocycles.